The second-order valence-electron chi connectivity index (χ2n) is 11.5. The maximum absolute atomic E-state index is 13.6. The van der Waals surface area contributed by atoms with E-state index in [0.29, 0.717) is 22.4 Å². The second-order valence-corrected chi connectivity index (χ2v) is 12.6. The van der Waals surface area contributed by atoms with Gasteiger partial charge in [0.05, 0.1) is 12.7 Å². The van der Waals surface area contributed by atoms with Gasteiger partial charge in [-0.15, -0.1) is 11.3 Å². The van der Waals surface area contributed by atoms with Crippen LogP contribution in [0.25, 0.3) is 10.6 Å². The van der Waals surface area contributed by atoms with Crippen molar-refractivity contribution in [2.75, 3.05) is 12.4 Å². The molecule has 4 aliphatic carbocycles. The van der Waals surface area contributed by atoms with Gasteiger partial charge in [-0.05, 0) is 105 Å². The van der Waals surface area contributed by atoms with Crippen LogP contribution in [-0.4, -0.2) is 24.0 Å². The molecule has 4 fully saturated rings. The molecule has 2 aromatic carbocycles. The van der Waals surface area contributed by atoms with E-state index >= 15 is 0 Å². The van der Waals surface area contributed by atoms with Crippen LogP contribution in [0.15, 0.2) is 48.5 Å². The summed E-state index contributed by atoms with van der Waals surface area (Å²) in [5.41, 5.74) is 4.16. The molecule has 192 valence electrons. The molecular weight excluding hydrogens is 480 g/mol. The highest BCUT2D eigenvalue weighted by molar-refractivity contribution is 7.15. The van der Waals surface area contributed by atoms with Gasteiger partial charge in [0.25, 0.3) is 5.91 Å². The molecule has 4 aliphatic rings. The summed E-state index contributed by atoms with van der Waals surface area (Å²) in [4.78, 5) is 31.5. The number of ether oxygens (including phenoxy) is 1. The Morgan fingerprint density at radius 2 is 1.73 bits per heavy atom. The highest BCUT2D eigenvalue weighted by Gasteiger charge is 2.50. The fraction of sp³-hybridized carbons (Fsp3) is 0.452. The molecule has 4 saturated carbocycles. The van der Waals surface area contributed by atoms with Gasteiger partial charge in [0.2, 0.25) is 0 Å². The number of aryl methyl sites for hydroxylation is 2. The number of hydrogen-bond donors (Lipinski definition) is 1. The van der Waals surface area contributed by atoms with Crippen molar-refractivity contribution in [3.63, 3.8) is 0 Å². The molecule has 37 heavy (non-hydrogen) atoms. The number of amides is 1. The number of nitrogens with one attached hydrogen (secondary N) is 1. The van der Waals surface area contributed by atoms with Crippen molar-refractivity contribution in [3.05, 3.63) is 70.2 Å². The van der Waals surface area contributed by atoms with Crippen molar-refractivity contribution in [2.45, 2.75) is 58.3 Å². The van der Waals surface area contributed by atoms with E-state index in [0.717, 1.165) is 51.6 Å². The predicted octanol–water partition coefficient (Wildman–Crippen LogP) is 7.31. The van der Waals surface area contributed by atoms with Crippen LogP contribution >= 0.6 is 11.3 Å². The first-order chi connectivity index (χ1) is 17.9. The number of anilines is 1. The molecule has 1 aromatic heterocycles. The molecule has 4 bridgehead atoms. The summed E-state index contributed by atoms with van der Waals surface area (Å²) in [6, 6.07) is 15.1. The monoisotopic (exact) mass is 514 g/mol. The summed E-state index contributed by atoms with van der Waals surface area (Å²) in [5.74, 6) is 2.10. The lowest BCUT2D eigenvalue weighted by Gasteiger charge is -2.57. The first kappa shape index (κ1) is 24.4. The standard InChI is InChI=1S/C31H34N2O3S/c1-19-6-3-4-9-25(19)29-33-27(28(34)32-24-8-5-7-23(15-24)30(35)36-2)26(37-29)10-11-31-16-20-12-21(17-31)14-22(13-20)18-31/h3-9,15,20-22H,10-14,16-18H2,1-2H3,(H,32,34). The van der Waals surface area contributed by atoms with Crippen LogP contribution in [0.1, 0.15) is 76.2 Å². The topological polar surface area (TPSA) is 68.3 Å². The van der Waals surface area contributed by atoms with Crippen molar-refractivity contribution in [2.24, 2.45) is 23.2 Å². The minimum Gasteiger partial charge on any atom is -0.465 e. The smallest absolute Gasteiger partial charge is 0.337 e. The number of nitrogens with zero attached hydrogens (tertiary/aromatic N) is 1. The van der Waals surface area contributed by atoms with E-state index < -0.39 is 5.97 Å². The largest absolute Gasteiger partial charge is 0.465 e. The lowest BCUT2D eigenvalue weighted by atomic mass is 9.48. The maximum atomic E-state index is 13.6. The fourth-order valence-corrected chi connectivity index (χ4v) is 8.78. The molecule has 7 rings (SSSR count). The summed E-state index contributed by atoms with van der Waals surface area (Å²) < 4.78 is 4.83. The zero-order valence-electron chi connectivity index (χ0n) is 21.6. The van der Waals surface area contributed by atoms with E-state index in [4.69, 9.17) is 9.72 Å². The number of hydrogen-bond acceptors (Lipinski definition) is 5. The number of carbonyl (C=O) groups is 2. The van der Waals surface area contributed by atoms with Crippen molar-refractivity contribution in [1.82, 2.24) is 4.98 Å². The van der Waals surface area contributed by atoms with Crippen LogP contribution in [0.3, 0.4) is 0 Å². The van der Waals surface area contributed by atoms with Gasteiger partial charge < -0.3 is 10.1 Å². The van der Waals surface area contributed by atoms with Crippen molar-refractivity contribution >= 4 is 28.9 Å². The molecule has 0 unspecified atom stereocenters. The Kier molecular flexibility index (Phi) is 6.39. The number of thiazole rings is 1. The number of carbonyl (C=O) groups excluding carboxylic acids is 2. The Hall–Kier alpha value is -2.99. The van der Waals surface area contributed by atoms with E-state index in [1.54, 1.807) is 35.6 Å². The molecule has 0 atom stereocenters. The first-order valence-electron chi connectivity index (χ1n) is 13.5. The van der Waals surface area contributed by atoms with Crippen molar-refractivity contribution in [3.8, 4) is 10.6 Å². The molecule has 5 nitrogen and oxygen atoms in total. The number of esters is 1. The first-order valence-corrected chi connectivity index (χ1v) is 14.3. The molecule has 6 heteroatoms. The average Bonchev–Trinajstić information content (AvgIpc) is 3.31. The number of methoxy groups -OCH3 is 1. The van der Waals surface area contributed by atoms with Gasteiger partial charge in [-0.1, -0.05) is 30.3 Å². The molecule has 1 heterocycles. The van der Waals surface area contributed by atoms with Crippen LogP contribution in [0, 0.1) is 30.1 Å². The maximum Gasteiger partial charge on any atom is 0.337 e. The Balaban J connectivity index is 1.28. The van der Waals surface area contributed by atoms with Gasteiger partial charge in [-0.25, -0.2) is 9.78 Å². The molecule has 3 aromatic rings. The summed E-state index contributed by atoms with van der Waals surface area (Å²) in [6.45, 7) is 2.09. The zero-order chi connectivity index (χ0) is 25.6. The SMILES string of the molecule is COC(=O)c1cccc(NC(=O)c2nc(-c3ccccc3C)sc2CCC23CC4CC(CC(C4)C2)C3)c1. The molecule has 0 spiro atoms. The molecule has 0 aliphatic heterocycles. The van der Waals surface area contributed by atoms with Crippen LogP contribution in [0.5, 0.6) is 0 Å². The van der Waals surface area contributed by atoms with Crippen LogP contribution in [0.4, 0.5) is 5.69 Å². The van der Waals surface area contributed by atoms with Gasteiger partial charge in [-0.3, -0.25) is 4.79 Å². The van der Waals surface area contributed by atoms with E-state index in [-0.39, 0.29) is 5.91 Å². The number of benzene rings is 2. The summed E-state index contributed by atoms with van der Waals surface area (Å²) in [6.07, 6.45) is 10.4. The highest BCUT2D eigenvalue weighted by Crippen LogP contribution is 2.61. The van der Waals surface area contributed by atoms with Crippen LogP contribution in [-0.2, 0) is 11.2 Å². The minimum absolute atomic E-state index is 0.224. The van der Waals surface area contributed by atoms with Gasteiger partial charge in [0.1, 0.15) is 10.7 Å². The summed E-state index contributed by atoms with van der Waals surface area (Å²) in [7, 11) is 1.35. The van der Waals surface area contributed by atoms with Gasteiger partial charge >= 0.3 is 5.97 Å². The van der Waals surface area contributed by atoms with Gasteiger partial charge in [0, 0.05) is 16.1 Å². The molecule has 0 radical (unpaired) electrons. The highest BCUT2D eigenvalue weighted by atomic mass is 32.1. The van der Waals surface area contributed by atoms with Crippen molar-refractivity contribution in [1.29, 1.82) is 0 Å². The lowest BCUT2D eigenvalue weighted by molar-refractivity contribution is -0.0568. The average molecular weight is 515 g/mol. The Bertz CT molecular complexity index is 1310. The van der Waals surface area contributed by atoms with Crippen molar-refractivity contribution < 1.29 is 14.3 Å². The van der Waals surface area contributed by atoms with E-state index in [1.807, 2.05) is 12.1 Å². The third-order valence-corrected chi connectivity index (χ3v) is 10.0. The Labute approximate surface area is 222 Å². The molecule has 0 saturated heterocycles. The Morgan fingerprint density at radius 1 is 1.03 bits per heavy atom. The third-order valence-electron chi connectivity index (χ3n) is 8.88. The van der Waals surface area contributed by atoms with E-state index in [9.17, 15) is 9.59 Å². The zero-order valence-corrected chi connectivity index (χ0v) is 22.4. The van der Waals surface area contributed by atoms with E-state index in [2.05, 4.69) is 24.4 Å². The summed E-state index contributed by atoms with van der Waals surface area (Å²) in [5, 5.41) is 3.88. The fourth-order valence-electron chi connectivity index (χ4n) is 7.63. The van der Waals surface area contributed by atoms with Crippen LogP contribution in [0.2, 0.25) is 0 Å². The predicted molar refractivity (Wildman–Crippen MR) is 147 cm³/mol. The van der Waals surface area contributed by atoms with Gasteiger partial charge in [0.15, 0.2) is 0 Å². The quantitative estimate of drug-likeness (QED) is 0.336. The molecule has 1 N–H and O–H groups in total. The molecule has 1 amide bonds. The number of rotatable bonds is 7. The number of aromatic nitrogens is 1. The molecular formula is C31H34N2O3S. The van der Waals surface area contributed by atoms with Crippen LogP contribution < -0.4 is 5.32 Å². The van der Waals surface area contributed by atoms with Gasteiger partial charge in [-0.2, -0.15) is 0 Å². The lowest BCUT2D eigenvalue weighted by Crippen LogP contribution is -2.46. The second kappa shape index (κ2) is 9.71. The normalized spacial score (nSPS) is 25.7. The minimum atomic E-state index is -0.428. The summed E-state index contributed by atoms with van der Waals surface area (Å²) >= 11 is 1.66. The third kappa shape index (κ3) is 4.84. The van der Waals surface area contributed by atoms with E-state index in [1.165, 1.54) is 45.6 Å². The Morgan fingerprint density at radius 3 is 2.41 bits per heavy atom.